The predicted molar refractivity (Wildman–Crippen MR) is 60.4 cm³/mol. The Balaban J connectivity index is 3.05. The first-order chi connectivity index (χ1) is 7.57. The van der Waals surface area contributed by atoms with E-state index < -0.39 is 5.97 Å². The Kier molecular flexibility index (Phi) is 3.84. The molecule has 0 fully saturated rings. The first kappa shape index (κ1) is 12.0. The number of anilines is 1. The number of rotatable bonds is 4. The molecule has 1 rings (SSSR count). The van der Waals surface area contributed by atoms with E-state index in [1.807, 2.05) is 0 Å². The number of aromatic nitrogens is 2. The Labute approximate surface area is 93.9 Å². The van der Waals surface area contributed by atoms with Crippen LogP contribution in [-0.2, 0) is 0 Å². The SMILES string of the molecule is C#CCCNc1nnc(C)c(C)c1C(=O)O. The predicted octanol–water partition coefficient (Wildman–Crippen LogP) is 1.23. The van der Waals surface area contributed by atoms with Gasteiger partial charge in [-0.05, 0) is 19.4 Å². The van der Waals surface area contributed by atoms with Crippen LogP contribution < -0.4 is 5.32 Å². The normalized spacial score (nSPS) is 9.56. The first-order valence-electron chi connectivity index (χ1n) is 4.82. The molecule has 5 nitrogen and oxygen atoms in total. The second kappa shape index (κ2) is 5.12. The minimum atomic E-state index is -1.02. The fourth-order valence-electron chi connectivity index (χ4n) is 1.25. The number of carbonyl (C=O) groups is 1. The quantitative estimate of drug-likeness (QED) is 0.588. The monoisotopic (exact) mass is 219 g/mol. The van der Waals surface area contributed by atoms with Gasteiger partial charge in [-0.2, -0.15) is 5.10 Å². The van der Waals surface area contributed by atoms with Crippen molar-refractivity contribution >= 4 is 11.8 Å². The van der Waals surface area contributed by atoms with Crippen LogP contribution in [0, 0.1) is 26.2 Å². The highest BCUT2D eigenvalue weighted by Crippen LogP contribution is 2.18. The average Bonchev–Trinajstić information content (AvgIpc) is 2.23. The Bertz CT molecular complexity index is 449. The molecule has 0 unspecified atom stereocenters. The van der Waals surface area contributed by atoms with Gasteiger partial charge in [0.25, 0.3) is 0 Å². The fraction of sp³-hybridized carbons (Fsp3) is 0.364. The number of aromatic carboxylic acids is 1. The van der Waals surface area contributed by atoms with Gasteiger partial charge in [-0.3, -0.25) is 0 Å². The lowest BCUT2D eigenvalue weighted by Gasteiger charge is -2.09. The number of carboxylic acids is 1. The van der Waals surface area contributed by atoms with Crippen LogP contribution in [-0.4, -0.2) is 27.8 Å². The van der Waals surface area contributed by atoms with Gasteiger partial charge in [0.05, 0.1) is 5.69 Å². The highest BCUT2D eigenvalue weighted by atomic mass is 16.4. The summed E-state index contributed by atoms with van der Waals surface area (Å²) >= 11 is 0. The Morgan fingerprint density at radius 2 is 2.19 bits per heavy atom. The van der Waals surface area contributed by atoms with Crippen molar-refractivity contribution in [3.63, 3.8) is 0 Å². The molecule has 0 amide bonds. The highest BCUT2D eigenvalue weighted by Gasteiger charge is 2.16. The molecular formula is C11H13N3O2. The maximum Gasteiger partial charge on any atom is 0.339 e. The minimum absolute atomic E-state index is 0.157. The number of hydrogen-bond acceptors (Lipinski definition) is 4. The van der Waals surface area contributed by atoms with Crippen LogP contribution in [0.5, 0.6) is 0 Å². The summed E-state index contributed by atoms with van der Waals surface area (Å²) < 4.78 is 0. The fourth-order valence-corrected chi connectivity index (χ4v) is 1.25. The van der Waals surface area contributed by atoms with Crippen LogP contribution in [0.15, 0.2) is 0 Å². The summed E-state index contributed by atoms with van der Waals surface area (Å²) in [5, 5.41) is 19.6. The van der Waals surface area contributed by atoms with Crippen molar-refractivity contribution in [1.82, 2.24) is 10.2 Å². The molecule has 0 atom stereocenters. The second-order valence-corrected chi connectivity index (χ2v) is 3.32. The Hall–Kier alpha value is -2.09. The molecule has 0 saturated heterocycles. The average molecular weight is 219 g/mol. The molecule has 1 heterocycles. The van der Waals surface area contributed by atoms with Gasteiger partial charge in [0.1, 0.15) is 5.56 Å². The third kappa shape index (κ3) is 2.48. The third-order valence-corrected chi connectivity index (χ3v) is 2.23. The first-order valence-corrected chi connectivity index (χ1v) is 4.82. The van der Waals surface area contributed by atoms with Crippen molar-refractivity contribution < 1.29 is 9.90 Å². The van der Waals surface area contributed by atoms with Crippen LogP contribution in [0.25, 0.3) is 0 Å². The molecule has 0 radical (unpaired) electrons. The molecule has 16 heavy (non-hydrogen) atoms. The van der Waals surface area contributed by atoms with Gasteiger partial charge in [0, 0.05) is 13.0 Å². The number of nitrogens with one attached hydrogen (secondary N) is 1. The smallest absolute Gasteiger partial charge is 0.339 e. The van der Waals surface area contributed by atoms with Gasteiger partial charge in [-0.15, -0.1) is 17.4 Å². The molecule has 84 valence electrons. The molecule has 0 bridgehead atoms. The van der Waals surface area contributed by atoms with E-state index in [1.54, 1.807) is 13.8 Å². The maximum atomic E-state index is 11.1. The maximum absolute atomic E-state index is 11.1. The number of terminal acetylenes is 1. The van der Waals surface area contributed by atoms with Crippen molar-refractivity contribution in [3.8, 4) is 12.3 Å². The molecule has 0 saturated carbocycles. The lowest BCUT2D eigenvalue weighted by molar-refractivity contribution is 0.0696. The zero-order valence-corrected chi connectivity index (χ0v) is 9.24. The van der Waals surface area contributed by atoms with Crippen LogP contribution in [0.1, 0.15) is 28.0 Å². The summed E-state index contributed by atoms with van der Waals surface area (Å²) in [4.78, 5) is 11.1. The molecule has 5 heteroatoms. The zero-order valence-electron chi connectivity index (χ0n) is 9.24. The van der Waals surface area contributed by atoms with Crippen molar-refractivity contribution in [1.29, 1.82) is 0 Å². The Morgan fingerprint density at radius 3 is 2.75 bits per heavy atom. The lowest BCUT2D eigenvalue weighted by atomic mass is 10.1. The van der Waals surface area contributed by atoms with Gasteiger partial charge in [-0.25, -0.2) is 4.79 Å². The molecule has 0 aliphatic carbocycles. The third-order valence-electron chi connectivity index (χ3n) is 2.23. The van der Waals surface area contributed by atoms with E-state index in [1.165, 1.54) is 0 Å². The molecule has 0 aromatic carbocycles. The molecule has 0 aliphatic heterocycles. The van der Waals surface area contributed by atoms with E-state index in [2.05, 4.69) is 21.4 Å². The van der Waals surface area contributed by atoms with Crippen molar-refractivity contribution in [2.75, 3.05) is 11.9 Å². The number of hydrogen-bond donors (Lipinski definition) is 2. The Morgan fingerprint density at radius 1 is 1.50 bits per heavy atom. The van der Waals surface area contributed by atoms with E-state index in [0.29, 0.717) is 24.2 Å². The largest absolute Gasteiger partial charge is 0.478 e. The molecule has 0 aliphatic rings. The molecule has 2 N–H and O–H groups in total. The second-order valence-electron chi connectivity index (χ2n) is 3.32. The number of carboxylic acid groups (broad SMARTS) is 1. The van der Waals surface area contributed by atoms with E-state index in [4.69, 9.17) is 11.5 Å². The highest BCUT2D eigenvalue weighted by molar-refractivity contribution is 5.94. The minimum Gasteiger partial charge on any atom is -0.478 e. The molecule has 1 aromatic rings. The van der Waals surface area contributed by atoms with E-state index in [9.17, 15) is 4.79 Å². The number of nitrogens with zero attached hydrogens (tertiary/aromatic N) is 2. The van der Waals surface area contributed by atoms with Crippen LogP contribution >= 0.6 is 0 Å². The summed E-state index contributed by atoms with van der Waals surface area (Å²) in [6.45, 7) is 3.91. The van der Waals surface area contributed by atoms with Gasteiger partial charge in [0.15, 0.2) is 5.82 Å². The lowest BCUT2D eigenvalue weighted by Crippen LogP contribution is -2.13. The van der Waals surface area contributed by atoms with Gasteiger partial charge < -0.3 is 10.4 Å². The summed E-state index contributed by atoms with van der Waals surface area (Å²) in [6, 6.07) is 0. The van der Waals surface area contributed by atoms with Gasteiger partial charge >= 0.3 is 5.97 Å². The standard InChI is InChI=1S/C11H13N3O2/c1-4-5-6-12-10-9(11(15)16)7(2)8(3)13-14-10/h1H,5-6H2,2-3H3,(H,12,14)(H,15,16). The van der Waals surface area contributed by atoms with Crippen LogP contribution in [0.4, 0.5) is 5.82 Å². The summed E-state index contributed by atoms with van der Waals surface area (Å²) in [5.41, 5.74) is 1.38. The summed E-state index contributed by atoms with van der Waals surface area (Å²) in [7, 11) is 0. The molecule has 1 aromatic heterocycles. The van der Waals surface area contributed by atoms with Gasteiger partial charge in [0.2, 0.25) is 0 Å². The number of aryl methyl sites for hydroxylation is 1. The van der Waals surface area contributed by atoms with Crippen molar-refractivity contribution in [2.24, 2.45) is 0 Å². The topological polar surface area (TPSA) is 75.1 Å². The van der Waals surface area contributed by atoms with E-state index in [-0.39, 0.29) is 11.4 Å². The summed E-state index contributed by atoms with van der Waals surface area (Å²) in [5.74, 6) is 1.71. The van der Waals surface area contributed by atoms with E-state index in [0.717, 1.165) is 0 Å². The van der Waals surface area contributed by atoms with E-state index >= 15 is 0 Å². The summed E-state index contributed by atoms with van der Waals surface area (Å²) in [6.07, 6.45) is 5.61. The zero-order chi connectivity index (χ0) is 12.1. The van der Waals surface area contributed by atoms with Crippen LogP contribution in [0.2, 0.25) is 0 Å². The molecule has 0 spiro atoms. The van der Waals surface area contributed by atoms with Crippen molar-refractivity contribution in [3.05, 3.63) is 16.8 Å². The van der Waals surface area contributed by atoms with Crippen LogP contribution in [0.3, 0.4) is 0 Å². The molecular weight excluding hydrogens is 206 g/mol. The van der Waals surface area contributed by atoms with Gasteiger partial charge in [-0.1, -0.05) is 0 Å². The van der Waals surface area contributed by atoms with Crippen molar-refractivity contribution in [2.45, 2.75) is 20.3 Å².